The number of aryl methyl sites for hydroxylation is 2. The van der Waals surface area contributed by atoms with Crippen LogP contribution in [0.25, 0.3) is 28.1 Å². The molecule has 0 atom stereocenters. The topological polar surface area (TPSA) is 42.1 Å². The molecule has 5 rings (SSSR count). The quantitative estimate of drug-likeness (QED) is 0.510. The van der Waals surface area contributed by atoms with Gasteiger partial charge >= 0.3 is 0 Å². The molecular weight excluding hydrogens is 384 g/mol. The lowest BCUT2D eigenvalue weighted by Gasteiger charge is -2.33. The Kier molecular flexibility index (Phi) is 5.12. The Hall–Kier alpha value is -2.96. The van der Waals surface area contributed by atoms with E-state index < -0.39 is 0 Å². The number of piperazine rings is 1. The van der Waals surface area contributed by atoms with E-state index in [2.05, 4.69) is 81.3 Å². The highest BCUT2D eigenvalue weighted by Gasteiger charge is 2.18. The lowest BCUT2D eigenvalue weighted by atomic mass is 9.97. The molecule has 160 valence electrons. The molecule has 1 fully saturated rings. The van der Waals surface area contributed by atoms with Gasteiger partial charge in [0.25, 0.3) is 0 Å². The molecule has 6 heteroatoms. The fourth-order valence-corrected chi connectivity index (χ4v) is 4.55. The number of imidazole rings is 2. The molecule has 3 heterocycles. The fourth-order valence-electron chi connectivity index (χ4n) is 4.55. The molecule has 1 saturated heterocycles. The highest BCUT2D eigenvalue weighted by molar-refractivity contribution is 5.78. The average molecular weight is 415 g/mol. The van der Waals surface area contributed by atoms with Gasteiger partial charge in [-0.25, -0.2) is 9.97 Å². The van der Waals surface area contributed by atoms with Gasteiger partial charge in [0.2, 0.25) is 0 Å². The van der Waals surface area contributed by atoms with E-state index in [1.807, 2.05) is 19.6 Å². The van der Waals surface area contributed by atoms with Gasteiger partial charge in [-0.05, 0) is 56.3 Å². The zero-order valence-corrected chi connectivity index (χ0v) is 18.8. The normalized spacial score (nSPS) is 15.7. The largest absolute Gasteiger partial charge is 0.334 e. The van der Waals surface area contributed by atoms with Crippen LogP contribution in [0.4, 0.5) is 0 Å². The molecule has 0 N–H and O–H groups in total. The molecule has 2 aromatic carbocycles. The van der Waals surface area contributed by atoms with Crippen molar-refractivity contribution in [1.82, 2.24) is 28.9 Å². The summed E-state index contributed by atoms with van der Waals surface area (Å²) in [4.78, 5) is 14.2. The van der Waals surface area contributed by atoms with E-state index in [4.69, 9.17) is 4.98 Å². The molecule has 0 aliphatic carbocycles. The molecule has 0 saturated carbocycles. The van der Waals surface area contributed by atoms with Gasteiger partial charge in [-0.3, -0.25) is 9.47 Å². The van der Waals surface area contributed by atoms with Gasteiger partial charge in [-0.2, -0.15) is 0 Å². The number of hydrogen-bond acceptors (Lipinski definition) is 4. The van der Waals surface area contributed by atoms with Crippen molar-refractivity contribution in [2.45, 2.75) is 20.4 Å². The summed E-state index contributed by atoms with van der Waals surface area (Å²) >= 11 is 0. The first-order chi connectivity index (χ1) is 15.0. The van der Waals surface area contributed by atoms with E-state index in [-0.39, 0.29) is 0 Å². The maximum Gasteiger partial charge on any atom is 0.144 e. The van der Waals surface area contributed by atoms with Crippen molar-refractivity contribution in [2.75, 3.05) is 33.2 Å². The third kappa shape index (κ3) is 3.77. The lowest BCUT2D eigenvalue weighted by molar-refractivity contribution is 0.148. The first-order valence-electron chi connectivity index (χ1n) is 11.0. The Balaban J connectivity index is 1.53. The van der Waals surface area contributed by atoms with Crippen molar-refractivity contribution in [1.29, 1.82) is 0 Å². The molecule has 0 spiro atoms. The van der Waals surface area contributed by atoms with Crippen molar-refractivity contribution in [3.8, 4) is 17.1 Å². The SMILES string of the molecule is Cc1cc(CN2CCN(C)CC2)c(C)c(-c2nccn2-c2ccc3ncn(C)c3c2)c1. The molecule has 31 heavy (non-hydrogen) atoms. The number of nitrogens with zero attached hydrogens (tertiary/aromatic N) is 6. The molecule has 0 amide bonds. The van der Waals surface area contributed by atoms with E-state index in [1.54, 1.807) is 0 Å². The van der Waals surface area contributed by atoms with Crippen molar-refractivity contribution in [3.05, 3.63) is 65.7 Å². The number of fused-ring (bicyclic) bond motifs is 1. The second kappa shape index (κ2) is 7.94. The predicted molar refractivity (Wildman–Crippen MR) is 126 cm³/mol. The smallest absolute Gasteiger partial charge is 0.144 e. The van der Waals surface area contributed by atoms with Gasteiger partial charge in [0, 0.05) is 63.4 Å². The minimum absolute atomic E-state index is 0.988. The van der Waals surface area contributed by atoms with Crippen LogP contribution in [0.2, 0.25) is 0 Å². The second-order valence-corrected chi connectivity index (χ2v) is 8.83. The van der Waals surface area contributed by atoms with Crippen LogP contribution >= 0.6 is 0 Å². The molecule has 1 aliphatic rings. The van der Waals surface area contributed by atoms with Crippen molar-refractivity contribution in [2.24, 2.45) is 7.05 Å². The number of aromatic nitrogens is 4. The van der Waals surface area contributed by atoms with Crippen LogP contribution in [0.3, 0.4) is 0 Å². The predicted octanol–water partition coefficient (Wildman–Crippen LogP) is 3.79. The monoisotopic (exact) mass is 414 g/mol. The summed E-state index contributed by atoms with van der Waals surface area (Å²) in [5, 5.41) is 0. The number of benzene rings is 2. The molecular formula is C25H30N6. The van der Waals surface area contributed by atoms with Gasteiger partial charge < -0.3 is 9.47 Å². The Morgan fingerprint density at radius 1 is 0.935 bits per heavy atom. The molecule has 0 bridgehead atoms. The van der Waals surface area contributed by atoms with Gasteiger partial charge in [-0.1, -0.05) is 11.6 Å². The highest BCUT2D eigenvalue weighted by Crippen LogP contribution is 2.30. The zero-order valence-electron chi connectivity index (χ0n) is 18.8. The van der Waals surface area contributed by atoms with Crippen LogP contribution in [-0.4, -0.2) is 62.1 Å². The molecule has 0 radical (unpaired) electrons. The first-order valence-corrected chi connectivity index (χ1v) is 11.0. The summed E-state index contributed by atoms with van der Waals surface area (Å²) in [6.45, 7) is 9.94. The highest BCUT2D eigenvalue weighted by atomic mass is 15.2. The fraction of sp³-hybridized carbons (Fsp3) is 0.360. The van der Waals surface area contributed by atoms with E-state index in [0.29, 0.717) is 0 Å². The van der Waals surface area contributed by atoms with Crippen molar-refractivity contribution in [3.63, 3.8) is 0 Å². The summed E-state index contributed by atoms with van der Waals surface area (Å²) < 4.78 is 4.25. The number of likely N-dealkylation sites (N-methyl/N-ethyl adjacent to an activating group) is 1. The molecule has 4 aromatic rings. The Morgan fingerprint density at radius 3 is 2.55 bits per heavy atom. The third-order valence-corrected chi connectivity index (χ3v) is 6.52. The van der Waals surface area contributed by atoms with Crippen LogP contribution in [0.15, 0.2) is 49.1 Å². The average Bonchev–Trinajstić information content (AvgIpc) is 3.39. The second-order valence-electron chi connectivity index (χ2n) is 8.83. The maximum atomic E-state index is 4.77. The van der Waals surface area contributed by atoms with Gasteiger partial charge in [-0.15, -0.1) is 0 Å². The van der Waals surface area contributed by atoms with Gasteiger partial charge in [0.15, 0.2) is 0 Å². The van der Waals surface area contributed by atoms with E-state index in [0.717, 1.165) is 55.3 Å². The summed E-state index contributed by atoms with van der Waals surface area (Å²) in [5.74, 6) is 0.988. The van der Waals surface area contributed by atoms with E-state index in [1.165, 1.54) is 22.3 Å². The minimum Gasteiger partial charge on any atom is -0.334 e. The zero-order chi connectivity index (χ0) is 21.5. The van der Waals surface area contributed by atoms with Crippen LogP contribution < -0.4 is 0 Å². The van der Waals surface area contributed by atoms with Crippen molar-refractivity contribution < 1.29 is 0 Å². The maximum absolute atomic E-state index is 4.77. The van der Waals surface area contributed by atoms with Gasteiger partial charge in [0.05, 0.1) is 17.4 Å². The van der Waals surface area contributed by atoms with Crippen LogP contribution in [0.1, 0.15) is 16.7 Å². The Morgan fingerprint density at radius 2 is 1.74 bits per heavy atom. The van der Waals surface area contributed by atoms with Gasteiger partial charge in [0.1, 0.15) is 5.82 Å². The number of rotatable bonds is 4. The Bertz CT molecular complexity index is 1230. The summed E-state index contributed by atoms with van der Waals surface area (Å²) in [6.07, 6.45) is 5.80. The van der Waals surface area contributed by atoms with Crippen LogP contribution in [-0.2, 0) is 13.6 Å². The minimum atomic E-state index is 0.988. The Labute approximate surface area is 183 Å². The summed E-state index contributed by atoms with van der Waals surface area (Å²) in [5.41, 5.74) is 8.43. The first kappa shape index (κ1) is 20.0. The third-order valence-electron chi connectivity index (χ3n) is 6.52. The van der Waals surface area contributed by atoms with E-state index >= 15 is 0 Å². The summed E-state index contributed by atoms with van der Waals surface area (Å²) in [7, 11) is 4.24. The molecule has 0 unspecified atom stereocenters. The van der Waals surface area contributed by atoms with E-state index in [9.17, 15) is 0 Å². The summed E-state index contributed by atoms with van der Waals surface area (Å²) in [6, 6.07) is 11.0. The number of hydrogen-bond donors (Lipinski definition) is 0. The molecule has 2 aromatic heterocycles. The van der Waals surface area contributed by atoms with Crippen LogP contribution in [0.5, 0.6) is 0 Å². The standard InChI is InChI=1S/C25H30N6/c1-18-13-20(16-30-11-9-28(3)10-12-30)19(2)22(14-18)25-26-7-8-31(25)21-5-6-23-24(15-21)29(4)17-27-23/h5-8,13-15,17H,9-12,16H2,1-4H3. The van der Waals surface area contributed by atoms with Crippen molar-refractivity contribution >= 4 is 11.0 Å². The van der Waals surface area contributed by atoms with Crippen LogP contribution in [0, 0.1) is 13.8 Å². The molecule has 6 nitrogen and oxygen atoms in total. The molecule has 1 aliphatic heterocycles. The lowest BCUT2D eigenvalue weighted by Crippen LogP contribution is -2.44.